The smallest absolute Gasteiger partial charge is 0.160 e. The topological polar surface area (TPSA) is 38.7 Å². The Hall–Kier alpha value is -5.41. The van der Waals surface area contributed by atoms with Gasteiger partial charge in [0.1, 0.15) is 0 Å². The molecule has 0 N–H and O–H groups in total. The summed E-state index contributed by atoms with van der Waals surface area (Å²) in [4.78, 5) is 14.6. The van der Waals surface area contributed by atoms with Crippen molar-refractivity contribution in [3.8, 4) is 56.2 Å². The monoisotopic (exact) mass is 593 g/mol. The number of allylic oxidation sites excluding steroid dienone is 4. The van der Waals surface area contributed by atoms with Crippen molar-refractivity contribution in [2.24, 2.45) is 5.92 Å². The van der Waals surface area contributed by atoms with Gasteiger partial charge in [-0.3, -0.25) is 4.98 Å². The summed E-state index contributed by atoms with van der Waals surface area (Å²) in [6.07, 6.45) is 10.9. The van der Waals surface area contributed by atoms with Gasteiger partial charge in [0.15, 0.2) is 5.82 Å². The molecule has 2 unspecified atom stereocenters. The minimum Gasteiger partial charge on any atom is -0.264 e. The average molecular weight is 594 g/mol. The average Bonchev–Trinajstić information content (AvgIpc) is 3.33. The van der Waals surface area contributed by atoms with Crippen molar-refractivity contribution in [2.45, 2.75) is 32.1 Å². The molecule has 0 saturated carbocycles. The fourth-order valence-electron chi connectivity index (χ4n) is 7.25. The second-order valence-corrected chi connectivity index (χ2v) is 13.1. The molecule has 0 spiro atoms. The van der Waals surface area contributed by atoms with E-state index >= 15 is 0 Å². The Balaban J connectivity index is 1.31. The Bertz CT molecular complexity index is 2070. The Morgan fingerprint density at radius 2 is 1.24 bits per heavy atom. The van der Waals surface area contributed by atoms with Crippen LogP contribution in [0.3, 0.4) is 0 Å². The van der Waals surface area contributed by atoms with Crippen LogP contribution in [0.25, 0.3) is 56.2 Å². The zero-order valence-electron chi connectivity index (χ0n) is 26.4. The lowest BCUT2D eigenvalue weighted by Crippen LogP contribution is -2.25. The fourth-order valence-corrected chi connectivity index (χ4v) is 7.25. The molecule has 46 heavy (non-hydrogen) atoms. The highest BCUT2D eigenvalue weighted by molar-refractivity contribution is 5.82. The number of pyridine rings is 1. The van der Waals surface area contributed by atoms with Crippen molar-refractivity contribution in [3.05, 3.63) is 163 Å². The summed E-state index contributed by atoms with van der Waals surface area (Å²) in [5, 5.41) is 0. The lowest BCUT2D eigenvalue weighted by atomic mass is 9.73. The third-order valence-electron chi connectivity index (χ3n) is 9.72. The molecule has 0 radical (unpaired) electrons. The second-order valence-electron chi connectivity index (χ2n) is 13.1. The first-order chi connectivity index (χ1) is 22.4. The molecule has 8 rings (SSSR count). The van der Waals surface area contributed by atoms with Crippen molar-refractivity contribution in [1.29, 1.82) is 0 Å². The van der Waals surface area contributed by atoms with Crippen molar-refractivity contribution in [3.63, 3.8) is 0 Å². The minimum atomic E-state index is 0.0354. The third-order valence-corrected chi connectivity index (χ3v) is 9.72. The Morgan fingerprint density at radius 3 is 1.96 bits per heavy atom. The summed E-state index contributed by atoms with van der Waals surface area (Å²) in [7, 11) is 0. The molecule has 2 atom stereocenters. The molecule has 0 bridgehead atoms. The maximum atomic E-state index is 5.17. The largest absolute Gasteiger partial charge is 0.264 e. The highest BCUT2D eigenvalue weighted by atomic mass is 14.9. The van der Waals surface area contributed by atoms with E-state index in [1.54, 1.807) is 0 Å². The predicted octanol–water partition coefficient (Wildman–Crippen LogP) is 10.7. The zero-order chi connectivity index (χ0) is 31.3. The fraction of sp³-hybridized carbons (Fsp3) is 0.140. The van der Waals surface area contributed by atoms with Crippen molar-refractivity contribution in [2.75, 3.05) is 0 Å². The van der Waals surface area contributed by atoms with Gasteiger partial charge in [0.25, 0.3) is 0 Å². The molecule has 0 saturated heterocycles. The second kappa shape index (κ2) is 11.2. The third kappa shape index (κ3) is 4.98. The summed E-state index contributed by atoms with van der Waals surface area (Å²) < 4.78 is 0. The van der Waals surface area contributed by atoms with E-state index in [1.807, 2.05) is 42.7 Å². The standard InChI is InChI=1S/C43H35N3/c1-28-16-18-36-37-19-17-31(25-39(37)43(2,3)38(36)21-28)33-22-34(32-15-10-20-44-27-32)24-35(23-33)41-26-40(29-11-6-4-7-12-29)45-42(46-41)30-13-8-5-9-14-30/h4-27,36,38H,1-3H3. The number of rotatable bonds is 5. The molecule has 2 heterocycles. The number of fused-ring (bicyclic) bond motifs is 3. The van der Waals surface area contributed by atoms with Gasteiger partial charge >= 0.3 is 0 Å². The SMILES string of the molecule is CC1=CC2C(C=C1)c1ccc(-c3cc(-c4cccnc4)cc(-c4cc(-c5ccccc5)nc(-c5ccccc5)n4)c3)cc1C2(C)C. The van der Waals surface area contributed by atoms with Gasteiger partial charge in [0.05, 0.1) is 11.4 Å². The Morgan fingerprint density at radius 1 is 0.587 bits per heavy atom. The molecule has 2 aliphatic carbocycles. The predicted molar refractivity (Wildman–Crippen MR) is 189 cm³/mol. The number of hydrogen-bond donors (Lipinski definition) is 0. The Labute approximate surface area is 271 Å². The van der Waals surface area contributed by atoms with Crippen LogP contribution in [0.2, 0.25) is 0 Å². The van der Waals surface area contributed by atoms with E-state index in [4.69, 9.17) is 9.97 Å². The van der Waals surface area contributed by atoms with Gasteiger partial charge in [-0.05, 0) is 76.4 Å². The quantitative estimate of drug-likeness (QED) is 0.200. The van der Waals surface area contributed by atoms with Gasteiger partial charge in [0, 0.05) is 40.6 Å². The van der Waals surface area contributed by atoms with Crippen LogP contribution < -0.4 is 0 Å². The molecular formula is C43H35N3. The molecular weight excluding hydrogens is 558 g/mol. The minimum absolute atomic E-state index is 0.0354. The van der Waals surface area contributed by atoms with Gasteiger partial charge in [-0.2, -0.15) is 0 Å². The lowest BCUT2D eigenvalue weighted by Gasteiger charge is -2.30. The molecule has 3 nitrogen and oxygen atoms in total. The van der Waals surface area contributed by atoms with Crippen LogP contribution in [-0.2, 0) is 5.41 Å². The molecule has 3 heteroatoms. The molecule has 0 aliphatic heterocycles. The van der Waals surface area contributed by atoms with Gasteiger partial charge < -0.3 is 0 Å². The Kier molecular flexibility index (Phi) is 6.83. The van der Waals surface area contributed by atoms with E-state index < -0.39 is 0 Å². The first kappa shape index (κ1) is 28.1. The molecule has 222 valence electrons. The van der Waals surface area contributed by atoms with Gasteiger partial charge in [0.2, 0.25) is 0 Å². The first-order valence-corrected chi connectivity index (χ1v) is 16.0. The van der Waals surface area contributed by atoms with Gasteiger partial charge in [-0.15, -0.1) is 0 Å². The van der Waals surface area contributed by atoms with Crippen LogP contribution in [0, 0.1) is 5.92 Å². The lowest BCUT2D eigenvalue weighted by molar-refractivity contribution is 0.392. The van der Waals surface area contributed by atoms with E-state index in [0.29, 0.717) is 17.7 Å². The maximum Gasteiger partial charge on any atom is 0.160 e. The van der Waals surface area contributed by atoms with E-state index in [0.717, 1.165) is 44.8 Å². The molecule has 4 aromatic carbocycles. The summed E-state index contributed by atoms with van der Waals surface area (Å²) in [5.41, 5.74) is 13.7. The summed E-state index contributed by atoms with van der Waals surface area (Å²) in [5.74, 6) is 1.60. The molecule has 6 aromatic rings. The highest BCUT2D eigenvalue weighted by Crippen LogP contribution is 2.54. The van der Waals surface area contributed by atoms with Crippen LogP contribution >= 0.6 is 0 Å². The summed E-state index contributed by atoms with van der Waals surface area (Å²) >= 11 is 0. The maximum absolute atomic E-state index is 5.17. The number of nitrogens with zero attached hydrogens (tertiary/aromatic N) is 3. The highest BCUT2D eigenvalue weighted by Gasteiger charge is 2.44. The molecule has 2 aliphatic rings. The van der Waals surface area contributed by atoms with E-state index in [-0.39, 0.29) is 5.41 Å². The zero-order valence-corrected chi connectivity index (χ0v) is 26.4. The van der Waals surface area contributed by atoms with Gasteiger partial charge in [-0.1, -0.05) is 123 Å². The summed E-state index contributed by atoms with van der Waals surface area (Å²) in [6.45, 7) is 7.01. The molecule has 0 fully saturated rings. The first-order valence-electron chi connectivity index (χ1n) is 16.0. The normalized spacial score (nSPS) is 17.7. The number of hydrogen-bond acceptors (Lipinski definition) is 3. The molecule has 0 amide bonds. The van der Waals surface area contributed by atoms with Crippen molar-refractivity contribution < 1.29 is 0 Å². The van der Waals surface area contributed by atoms with Gasteiger partial charge in [-0.25, -0.2) is 9.97 Å². The van der Waals surface area contributed by atoms with Crippen molar-refractivity contribution in [1.82, 2.24) is 15.0 Å². The van der Waals surface area contributed by atoms with Crippen LogP contribution in [0.4, 0.5) is 0 Å². The van der Waals surface area contributed by atoms with E-state index in [1.165, 1.54) is 22.3 Å². The van der Waals surface area contributed by atoms with Crippen LogP contribution in [0.15, 0.2) is 151 Å². The molecule has 2 aromatic heterocycles. The van der Waals surface area contributed by atoms with Crippen LogP contribution in [-0.4, -0.2) is 15.0 Å². The van der Waals surface area contributed by atoms with Crippen molar-refractivity contribution >= 4 is 0 Å². The summed E-state index contributed by atoms with van der Waals surface area (Å²) in [6, 6.07) is 40.7. The van der Waals surface area contributed by atoms with E-state index in [9.17, 15) is 0 Å². The van der Waals surface area contributed by atoms with E-state index in [2.05, 4.69) is 129 Å². The van der Waals surface area contributed by atoms with Crippen LogP contribution in [0.5, 0.6) is 0 Å². The number of benzene rings is 4. The van der Waals surface area contributed by atoms with Crippen LogP contribution in [0.1, 0.15) is 37.8 Å². The number of aromatic nitrogens is 3.